The molecular weight excluding hydrogens is 199 g/mol. The van der Waals surface area contributed by atoms with Gasteiger partial charge in [0.2, 0.25) is 0 Å². The molecule has 0 atom stereocenters. The van der Waals surface area contributed by atoms with Crippen LogP contribution in [0.15, 0.2) is 0 Å². The van der Waals surface area contributed by atoms with Crippen molar-refractivity contribution in [3.05, 3.63) is 0 Å². The summed E-state index contributed by atoms with van der Waals surface area (Å²) < 4.78 is 5.30. The fraction of sp³-hybridized carbons (Fsp3) is 1.00. The van der Waals surface area contributed by atoms with E-state index < -0.39 is 7.28 Å². The van der Waals surface area contributed by atoms with E-state index in [1.165, 1.54) is 12.8 Å². The predicted molar refractivity (Wildman–Crippen MR) is 62.5 cm³/mol. The SMILES string of the molecule is CCCCCCOP(O)(O)(CC)CC. The van der Waals surface area contributed by atoms with Gasteiger partial charge in [-0.15, -0.1) is 0 Å². The standard InChI is InChI=1S/C10H25O3P/c1-4-7-8-9-10-13-14(11,12,5-2)6-3/h11-12H,4-10H2,1-3H3. The van der Waals surface area contributed by atoms with Crippen LogP contribution >= 0.6 is 7.28 Å². The van der Waals surface area contributed by atoms with Gasteiger partial charge >= 0.3 is 87.0 Å². The summed E-state index contributed by atoms with van der Waals surface area (Å²) in [6.07, 6.45) is 5.06. The second kappa shape index (κ2) is 6.02. The monoisotopic (exact) mass is 224 g/mol. The first kappa shape index (κ1) is 14.3. The second-order valence-electron chi connectivity index (χ2n) is 3.83. The molecule has 0 bridgehead atoms. The molecule has 0 aromatic carbocycles. The van der Waals surface area contributed by atoms with Crippen LogP contribution in [-0.2, 0) is 4.52 Å². The van der Waals surface area contributed by atoms with Crippen molar-refractivity contribution in [3.63, 3.8) is 0 Å². The molecule has 0 aliphatic carbocycles. The molecule has 0 unspecified atom stereocenters. The van der Waals surface area contributed by atoms with E-state index in [1.807, 2.05) is 0 Å². The van der Waals surface area contributed by atoms with Crippen molar-refractivity contribution in [2.24, 2.45) is 0 Å². The van der Waals surface area contributed by atoms with Gasteiger partial charge in [0.25, 0.3) is 0 Å². The van der Waals surface area contributed by atoms with Gasteiger partial charge in [0.1, 0.15) is 0 Å². The fourth-order valence-electron chi connectivity index (χ4n) is 1.21. The van der Waals surface area contributed by atoms with E-state index in [0.29, 0.717) is 18.9 Å². The Hall–Kier alpha value is 0.310. The average molecular weight is 224 g/mol. The van der Waals surface area contributed by atoms with Gasteiger partial charge in [-0.05, 0) is 0 Å². The summed E-state index contributed by atoms with van der Waals surface area (Å²) in [6.45, 7) is 6.17. The maximum absolute atomic E-state index is 9.91. The van der Waals surface area contributed by atoms with Gasteiger partial charge in [0.15, 0.2) is 0 Å². The van der Waals surface area contributed by atoms with Crippen molar-refractivity contribution in [2.75, 3.05) is 18.9 Å². The Morgan fingerprint density at radius 1 is 0.929 bits per heavy atom. The van der Waals surface area contributed by atoms with Crippen LogP contribution < -0.4 is 0 Å². The zero-order valence-electron chi connectivity index (χ0n) is 9.70. The van der Waals surface area contributed by atoms with Gasteiger partial charge in [-0.25, -0.2) is 0 Å². The zero-order chi connectivity index (χ0) is 11.1. The molecule has 0 saturated carbocycles. The molecule has 2 N–H and O–H groups in total. The molecule has 0 saturated heterocycles. The van der Waals surface area contributed by atoms with Gasteiger partial charge in [-0.1, -0.05) is 0 Å². The number of rotatable bonds is 8. The minimum atomic E-state index is -3.72. The van der Waals surface area contributed by atoms with E-state index in [1.54, 1.807) is 13.8 Å². The molecule has 14 heavy (non-hydrogen) atoms. The molecule has 0 spiro atoms. The van der Waals surface area contributed by atoms with Gasteiger partial charge in [-0.2, -0.15) is 0 Å². The molecule has 4 heteroatoms. The Kier molecular flexibility index (Phi) is 6.15. The van der Waals surface area contributed by atoms with Crippen molar-refractivity contribution in [1.29, 1.82) is 0 Å². The van der Waals surface area contributed by atoms with Crippen LogP contribution in [0.25, 0.3) is 0 Å². The Morgan fingerprint density at radius 2 is 1.50 bits per heavy atom. The summed E-state index contributed by atoms with van der Waals surface area (Å²) in [5, 5.41) is 0. The van der Waals surface area contributed by atoms with E-state index in [4.69, 9.17) is 4.52 Å². The van der Waals surface area contributed by atoms with E-state index in [2.05, 4.69) is 6.92 Å². The van der Waals surface area contributed by atoms with Crippen molar-refractivity contribution in [1.82, 2.24) is 0 Å². The zero-order valence-corrected chi connectivity index (χ0v) is 10.6. The van der Waals surface area contributed by atoms with E-state index >= 15 is 0 Å². The first-order chi connectivity index (χ1) is 6.46. The molecule has 0 radical (unpaired) electrons. The molecule has 0 aromatic rings. The third-order valence-corrected chi connectivity index (χ3v) is 5.98. The first-order valence-corrected chi connectivity index (χ1v) is 8.06. The molecule has 0 fully saturated rings. The summed E-state index contributed by atoms with van der Waals surface area (Å²) in [7, 11) is -3.72. The number of unbranched alkanes of at least 4 members (excludes halogenated alkanes) is 3. The van der Waals surface area contributed by atoms with Crippen LogP contribution in [0, 0.1) is 0 Å². The van der Waals surface area contributed by atoms with E-state index in [9.17, 15) is 9.79 Å². The third kappa shape index (κ3) is 5.26. The molecule has 0 rings (SSSR count). The topological polar surface area (TPSA) is 49.7 Å². The summed E-state index contributed by atoms with van der Waals surface area (Å²) in [4.78, 5) is 19.8. The average Bonchev–Trinajstić information content (AvgIpc) is 2.18. The van der Waals surface area contributed by atoms with Crippen LogP contribution in [0.2, 0.25) is 0 Å². The first-order valence-electron chi connectivity index (χ1n) is 5.63. The molecule has 0 heterocycles. The summed E-state index contributed by atoms with van der Waals surface area (Å²) >= 11 is 0. The number of hydrogen-bond donors (Lipinski definition) is 2. The van der Waals surface area contributed by atoms with Crippen LogP contribution in [0.5, 0.6) is 0 Å². The van der Waals surface area contributed by atoms with Gasteiger partial charge in [-0.3, -0.25) is 0 Å². The Labute approximate surface area is 87.7 Å². The van der Waals surface area contributed by atoms with Gasteiger partial charge in [0.05, 0.1) is 0 Å². The van der Waals surface area contributed by atoms with Gasteiger partial charge in [0, 0.05) is 0 Å². The minimum absolute atomic E-state index is 0.329. The van der Waals surface area contributed by atoms with Crippen molar-refractivity contribution in [2.45, 2.75) is 46.5 Å². The molecule has 0 aliphatic heterocycles. The fourth-order valence-corrected chi connectivity index (χ4v) is 2.57. The van der Waals surface area contributed by atoms with Gasteiger partial charge < -0.3 is 0 Å². The Bertz CT molecular complexity index is 151. The normalized spacial score (nSPS) is 15.1. The van der Waals surface area contributed by atoms with Crippen LogP contribution in [0.4, 0.5) is 0 Å². The maximum atomic E-state index is 9.91. The third-order valence-electron chi connectivity index (χ3n) is 2.66. The Balaban J connectivity index is 3.74. The second-order valence-corrected chi connectivity index (χ2v) is 7.95. The van der Waals surface area contributed by atoms with Crippen molar-refractivity contribution < 1.29 is 14.3 Å². The van der Waals surface area contributed by atoms with E-state index in [0.717, 1.165) is 12.8 Å². The summed E-state index contributed by atoms with van der Waals surface area (Å²) in [5.41, 5.74) is 0. The number of hydrogen-bond acceptors (Lipinski definition) is 3. The molecule has 0 aliphatic rings. The van der Waals surface area contributed by atoms with E-state index in [-0.39, 0.29) is 0 Å². The van der Waals surface area contributed by atoms with Crippen LogP contribution in [0.1, 0.15) is 46.5 Å². The van der Waals surface area contributed by atoms with Crippen LogP contribution in [-0.4, -0.2) is 28.7 Å². The van der Waals surface area contributed by atoms with Crippen LogP contribution in [0.3, 0.4) is 0 Å². The summed E-state index contributed by atoms with van der Waals surface area (Å²) in [6, 6.07) is 0. The van der Waals surface area contributed by atoms with Crippen molar-refractivity contribution in [3.8, 4) is 0 Å². The summed E-state index contributed by atoms with van der Waals surface area (Å²) in [5.74, 6) is 0. The Morgan fingerprint density at radius 3 is 1.93 bits per heavy atom. The quantitative estimate of drug-likeness (QED) is 0.492. The molecular formula is C10H25O3P. The molecule has 0 amide bonds. The molecule has 3 nitrogen and oxygen atoms in total. The van der Waals surface area contributed by atoms with Crippen molar-refractivity contribution >= 4 is 7.28 Å². The molecule has 88 valence electrons. The molecule has 0 aromatic heterocycles. The predicted octanol–water partition coefficient (Wildman–Crippen LogP) is 2.91.